The zero-order chi connectivity index (χ0) is 11.5. The van der Waals surface area contributed by atoms with Crippen molar-refractivity contribution in [2.24, 2.45) is 0 Å². The average molecular weight is 320 g/mol. The lowest BCUT2D eigenvalue weighted by atomic mass is 10.3. The lowest BCUT2D eigenvalue weighted by Crippen LogP contribution is -1.91. The van der Waals surface area contributed by atoms with Crippen LogP contribution in [0, 0.1) is 0 Å². The zero-order valence-electron chi connectivity index (χ0n) is 7.82. The number of rotatable bonds is 2. The molecule has 0 unspecified atom stereocenters. The van der Waals surface area contributed by atoms with Crippen LogP contribution in [0.1, 0.15) is 0 Å². The second kappa shape index (κ2) is 4.99. The van der Waals surface area contributed by atoms with Crippen LogP contribution in [0.2, 0.25) is 10.3 Å². The number of halogens is 3. The molecule has 0 N–H and O–H groups in total. The second-order valence-electron chi connectivity index (χ2n) is 2.85. The Morgan fingerprint density at radius 1 is 1.12 bits per heavy atom. The van der Waals surface area contributed by atoms with E-state index in [4.69, 9.17) is 27.9 Å². The van der Waals surface area contributed by atoms with Gasteiger partial charge in [-0.25, -0.2) is 4.98 Å². The van der Waals surface area contributed by atoms with Gasteiger partial charge in [0.05, 0.1) is 4.47 Å². The van der Waals surface area contributed by atoms with Gasteiger partial charge in [0, 0.05) is 11.2 Å². The summed E-state index contributed by atoms with van der Waals surface area (Å²) in [7, 11) is 0. The van der Waals surface area contributed by atoms with Crippen LogP contribution in [0.15, 0.2) is 34.9 Å². The van der Waals surface area contributed by atoms with Crippen LogP contribution in [0.4, 0.5) is 0 Å². The number of nitrogens with zero attached hydrogens (tertiary/aromatic N) is 2. The third-order valence-electron chi connectivity index (χ3n) is 1.71. The highest BCUT2D eigenvalue weighted by Gasteiger charge is 2.06. The minimum absolute atomic E-state index is 0.132. The number of benzene rings is 1. The number of aromatic nitrogens is 2. The van der Waals surface area contributed by atoms with Crippen molar-refractivity contribution in [1.82, 2.24) is 9.97 Å². The normalized spacial score (nSPS) is 10.2. The van der Waals surface area contributed by atoms with Crippen LogP contribution in [-0.2, 0) is 0 Å². The summed E-state index contributed by atoms with van der Waals surface area (Å²) in [4.78, 5) is 7.74. The summed E-state index contributed by atoms with van der Waals surface area (Å²) in [6.07, 6.45) is 1.53. The molecule has 0 fully saturated rings. The summed E-state index contributed by atoms with van der Waals surface area (Å²) >= 11 is 14.7. The molecule has 0 aliphatic carbocycles. The third-order valence-corrected chi connectivity index (χ3v) is 2.69. The van der Waals surface area contributed by atoms with E-state index in [1.807, 2.05) is 0 Å². The van der Waals surface area contributed by atoms with Crippen LogP contribution < -0.4 is 4.74 Å². The van der Waals surface area contributed by atoms with Crippen LogP contribution >= 0.6 is 39.1 Å². The average Bonchev–Trinajstić information content (AvgIpc) is 2.27. The minimum atomic E-state index is 0.132. The van der Waals surface area contributed by atoms with Crippen LogP contribution in [0.25, 0.3) is 0 Å². The van der Waals surface area contributed by atoms with Crippen molar-refractivity contribution >= 4 is 39.1 Å². The molecule has 1 aromatic carbocycles. The van der Waals surface area contributed by atoms with E-state index in [9.17, 15) is 0 Å². The smallest absolute Gasteiger partial charge is 0.237 e. The first-order valence-electron chi connectivity index (χ1n) is 4.26. The highest BCUT2D eigenvalue weighted by Crippen LogP contribution is 2.28. The summed E-state index contributed by atoms with van der Waals surface area (Å²) in [6, 6.07) is 6.94. The Morgan fingerprint density at radius 2 is 1.81 bits per heavy atom. The van der Waals surface area contributed by atoms with E-state index >= 15 is 0 Å². The minimum Gasteiger partial charge on any atom is -0.438 e. The molecule has 3 nitrogen and oxygen atoms in total. The lowest BCUT2D eigenvalue weighted by Gasteiger charge is -2.06. The summed E-state index contributed by atoms with van der Waals surface area (Å²) < 4.78 is 6.14. The van der Waals surface area contributed by atoms with E-state index in [1.54, 1.807) is 24.3 Å². The first-order chi connectivity index (χ1) is 7.65. The lowest BCUT2D eigenvalue weighted by molar-refractivity contribution is 0.458. The molecule has 0 aliphatic rings. The molecule has 0 aliphatic heterocycles. The van der Waals surface area contributed by atoms with Gasteiger partial charge in [0.25, 0.3) is 0 Å². The summed E-state index contributed by atoms with van der Waals surface area (Å²) in [5.41, 5.74) is 0. The maximum Gasteiger partial charge on any atom is 0.237 e. The van der Waals surface area contributed by atoms with Crippen LogP contribution in [0.5, 0.6) is 11.6 Å². The van der Waals surface area contributed by atoms with Gasteiger partial charge in [0.2, 0.25) is 11.2 Å². The van der Waals surface area contributed by atoms with E-state index in [0.29, 0.717) is 21.1 Å². The van der Waals surface area contributed by atoms with Crippen molar-refractivity contribution in [2.75, 3.05) is 0 Å². The molecule has 6 heteroatoms. The van der Waals surface area contributed by atoms with E-state index in [2.05, 4.69) is 25.9 Å². The molecule has 0 amide bonds. The maximum absolute atomic E-state index is 5.76. The Labute approximate surface area is 111 Å². The van der Waals surface area contributed by atoms with E-state index in [0.717, 1.165) is 0 Å². The molecule has 16 heavy (non-hydrogen) atoms. The summed E-state index contributed by atoms with van der Waals surface area (Å²) in [6.45, 7) is 0. The molecule has 0 bridgehead atoms. The highest BCUT2D eigenvalue weighted by atomic mass is 79.9. The summed E-state index contributed by atoms with van der Waals surface area (Å²) in [5, 5.41) is 0.777. The zero-order valence-corrected chi connectivity index (χ0v) is 10.9. The van der Waals surface area contributed by atoms with Crippen LogP contribution in [-0.4, -0.2) is 9.97 Å². The van der Waals surface area contributed by atoms with Crippen molar-refractivity contribution in [2.45, 2.75) is 0 Å². The van der Waals surface area contributed by atoms with Crippen molar-refractivity contribution < 1.29 is 4.74 Å². The largest absolute Gasteiger partial charge is 0.438 e. The topological polar surface area (TPSA) is 35.0 Å². The number of hydrogen-bond acceptors (Lipinski definition) is 3. The molecule has 1 aromatic heterocycles. The molecule has 0 saturated carbocycles. The fraction of sp³-hybridized carbons (Fsp3) is 0. The molecular formula is C10H5BrCl2N2O. The predicted molar refractivity (Wildman–Crippen MR) is 66.3 cm³/mol. The standard InChI is InChI=1S/C10H5BrCl2N2O/c11-8-5-14-10(13)15-9(8)16-7-3-1-6(12)2-4-7/h1-5H. The van der Waals surface area contributed by atoms with Crippen molar-refractivity contribution in [3.63, 3.8) is 0 Å². The van der Waals surface area contributed by atoms with Gasteiger partial charge in [-0.15, -0.1) is 0 Å². The molecule has 0 radical (unpaired) electrons. The molecule has 0 saturated heterocycles. The predicted octanol–water partition coefficient (Wildman–Crippen LogP) is 4.34. The fourth-order valence-electron chi connectivity index (χ4n) is 1.02. The van der Waals surface area contributed by atoms with Crippen molar-refractivity contribution in [3.05, 3.63) is 45.2 Å². The van der Waals surface area contributed by atoms with E-state index in [1.165, 1.54) is 6.20 Å². The van der Waals surface area contributed by atoms with Gasteiger partial charge in [-0.1, -0.05) is 11.6 Å². The Morgan fingerprint density at radius 3 is 2.50 bits per heavy atom. The molecule has 2 aromatic rings. The molecule has 1 heterocycles. The van der Waals surface area contributed by atoms with Crippen LogP contribution in [0.3, 0.4) is 0 Å². The van der Waals surface area contributed by atoms with E-state index < -0.39 is 0 Å². The first-order valence-corrected chi connectivity index (χ1v) is 5.81. The van der Waals surface area contributed by atoms with Gasteiger partial charge in [0.1, 0.15) is 5.75 Å². The van der Waals surface area contributed by atoms with Gasteiger partial charge >= 0.3 is 0 Å². The third kappa shape index (κ3) is 2.84. The Bertz CT molecular complexity index is 505. The van der Waals surface area contributed by atoms with Crippen molar-refractivity contribution in [3.8, 4) is 11.6 Å². The van der Waals surface area contributed by atoms with E-state index in [-0.39, 0.29) is 5.28 Å². The van der Waals surface area contributed by atoms with Gasteiger partial charge in [-0.3, -0.25) is 0 Å². The first kappa shape index (κ1) is 11.6. The molecule has 2 rings (SSSR count). The SMILES string of the molecule is Clc1ccc(Oc2nc(Cl)ncc2Br)cc1. The summed E-state index contributed by atoms with van der Waals surface area (Å²) in [5.74, 6) is 0.988. The van der Waals surface area contributed by atoms with Gasteiger partial charge in [-0.05, 0) is 51.8 Å². The molecule has 0 spiro atoms. The highest BCUT2D eigenvalue weighted by molar-refractivity contribution is 9.10. The quantitative estimate of drug-likeness (QED) is 0.772. The molecule has 82 valence electrons. The number of ether oxygens (including phenoxy) is 1. The maximum atomic E-state index is 5.76. The molecular weight excluding hydrogens is 315 g/mol. The fourth-order valence-corrected chi connectivity index (χ4v) is 1.54. The van der Waals surface area contributed by atoms with Gasteiger partial charge < -0.3 is 4.74 Å². The monoisotopic (exact) mass is 318 g/mol. The number of hydrogen-bond donors (Lipinski definition) is 0. The van der Waals surface area contributed by atoms with Gasteiger partial charge in [0.15, 0.2) is 0 Å². The van der Waals surface area contributed by atoms with Gasteiger partial charge in [-0.2, -0.15) is 4.98 Å². The second-order valence-corrected chi connectivity index (χ2v) is 4.48. The Hall–Kier alpha value is -0.840. The molecule has 0 atom stereocenters. The Balaban J connectivity index is 2.26. The Kier molecular flexibility index (Phi) is 3.63. The van der Waals surface area contributed by atoms with Crippen molar-refractivity contribution in [1.29, 1.82) is 0 Å².